The van der Waals surface area contributed by atoms with Crippen LogP contribution in [0.25, 0.3) is 10.9 Å². The Morgan fingerprint density at radius 3 is 2.68 bits per heavy atom. The average molecular weight is 395 g/mol. The van der Waals surface area contributed by atoms with Crippen molar-refractivity contribution in [1.29, 1.82) is 0 Å². The zero-order valence-electron chi connectivity index (χ0n) is 14.9. The van der Waals surface area contributed by atoms with E-state index >= 15 is 0 Å². The number of rotatable bonds is 4. The van der Waals surface area contributed by atoms with Crippen LogP contribution in [-0.4, -0.2) is 15.6 Å². The van der Waals surface area contributed by atoms with Crippen LogP contribution in [0.15, 0.2) is 79.1 Å². The summed E-state index contributed by atoms with van der Waals surface area (Å²) in [6, 6.07) is 20.1. The summed E-state index contributed by atoms with van der Waals surface area (Å²) in [7, 11) is 0. The Morgan fingerprint density at radius 1 is 1.07 bits per heavy atom. The molecule has 0 aliphatic heterocycles. The van der Waals surface area contributed by atoms with E-state index in [4.69, 9.17) is 10.5 Å². The van der Waals surface area contributed by atoms with Crippen LogP contribution in [0.3, 0.4) is 0 Å². The maximum absolute atomic E-state index is 12.6. The van der Waals surface area contributed by atoms with Gasteiger partial charge in [-0.2, -0.15) is 0 Å². The first kappa shape index (κ1) is 19.4. The molecule has 3 N–H and O–H groups in total. The molecule has 7 heteroatoms. The molecule has 0 unspecified atom stereocenters. The second-order valence-electron chi connectivity index (χ2n) is 5.98. The molecule has 4 rings (SSSR count). The van der Waals surface area contributed by atoms with Crippen LogP contribution >= 0.6 is 12.4 Å². The van der Waals surface area contributed by atoms with Crippen molar-refractivity contribution in [2.75, 3.05) is 5.32 Å². The first-order valence-electron chi connectivity index (χ1n) is 8.54. The molecule has 1 amide bonds. The van der Waals surface area contributed by atoms with Crippen molar-refractivity contribution < 1.29 is 9.53 Å². The molecule has 4 aromatic rings. The number of para-hydroxylation sites is 1. The van der Waals surface area contributed by atoms with Crippen molar-refractivity contribution in [1.82, 2.24) is 9.55 Å². The number of anilines is 1. The topological polar surface area (TPSA) is 82.2 Å². The van der Waals surface area contributed by atoms with Gasteiger partial charge >= 0.3 is 6.03 Å². The van der Waals surface area contributed by atoms with Crippen molar-refractivity contribution in [3.05, 3.63) is 84.7 Å². The summed E-state index contributed by atoms with van der Waals surface area (Å²) in [4.78, 5) is 16.9. The van der Waals surface area contributed by atoms with Gasteiger partial charge in [0.2, 0.25) is 5.88 Å². The van der Waals surface area contributed by atoms with Gasteiger partial charge in [0.1, 0.15) is 5.75 Å². The molecular weight excluding hydrogens is 376 g/mol. The van der Waals surface area contributed by atoms with E-state index in [2.05, 4.69) is 10.3 Å². The zero-order valence-corrected chi connectivity index (χ0v) is 15.7. The number of aromatic nitrogens is 2. The molecule has 2 heterocycles. The summed E-state index contributed by atoms with van der Waals surface area (Å²) in [5.41, 5.74) is 8.09. The summed E-state index contributed by atoms with van der Waals surface area (Å²) < 4.78 is 7.49. The van der Waals surface area contributed by atoms with Gasteiger partial charge in [-0.3, -0.25) is 4.57 Å². The largest absolute Gasteiger partial charge is 0.438 e. The number of hydrogen-bond acceptors (Lipinski definition) is 4. The number of nitrogens with two attached hydrogens (primary N) is 1. The summed E-state index contributed by atoms with van der Waals surface area (Å²) in [6.45, 7) is 0.416. The van der Waals surface area contributed by atoms with Gasteiger partial charge < -0.3 is 15.8 Å². The molecular formula is C21H19ClN4O2. The standard InChI is InChI=1S/C21H18N4O2.ClH/c22-14-15-9-11-23-20(13-15)27-19-8-4-7-18-17(19)10-12-25(18)21(26)24-16-5-2-1-3-6-16;/h1-13H,14,22H2,(H,24,26);1H. The van der Waals surface area contributed by atoms with E-state index in [-0.39, 0.29) is 18.4 Å². The van der Waals surface area contributed by atoms with Gasteiger partial charge in [-0.25, -0.2) is 9.78 Å². The fourth-order valence-electron chi connectivity index (χ4n) is 2.86. The van der Waals surface area contributed by atoms with Crippen LogP contribution in [0.4, 0.5) is 10.5 Å². The summed E-state index contributed by atoms with van der Waals surface area (Å²) >= 11 is 0. The molecule has 28 heavy (non-hydrogen) atoms. The lowest BCUT2D eigenvalue weighted by molar-refractivity contribution is 0.254. The fraction of sp³-hybridized carbons (Fsp3) is 0.0476. The molecule has 2 aromatic heterocycles. The molecule has 0 spiro atoms. The Kier molecular flexibility index (Phi) is 5.93. The third-order valence-electron chi connectivity index (χ3n) is 4.19. The van der Waals surface area contributed by atoms with Crippen LogP contribution in [-0.2, 0) is 6.54 Å². The predicted molar refractivity (Wildman–Crippen MR) is 112 cm³/mol. The van der Waals surface area contributed by atoms with Crippen molar-refractivity contribution in [2.24, 2.45) is 5.73 Å². The highest BCUT2D eigenvalue weighted by Crippen LogP contribution is 2.30. The summed E-state index contributed by atoms with van der Waals surface area (Å²) in [6.07, 6.45) is 3.38. The quantitative estimate of drug-likeness (QED) is 0.521. The number of pyridine rings is 1. The smallest absolute Gasteiger partial charge is 0.330 e. The number of benzene rings is 2. The van der Waals surface area contributed by atoms with Crippen LogP contribution < -0.4 is 15.8 Å². The molecule has 0 aliphatic rings. The Hall–Kier alpha value is -3.35. The van der Waals surface area contributed by atoms with Gasteiger partial charge in [0, 0.05) is 36.1 Å². The Labute approximate surface area is 168 Å². The number of ether oxygens (including phenoxy) is 1. The normalized spacial score (nSPS) is 10.3. The van der Waals surface area contributed by atoms with E-state index < -0.39 is 0 Å². The molecule has 0 saturated carbocycles. The number of amides is 1. The zero-order chi connectivity index (χ0) is 18.6. The Balaban J connectivity index is 0.00000225. The minimum Gasteiger partial charge on any atom is -0.438 e. The molecule has 0 aliphatic carbocycles. The second-order valence-corrected chi connectivity index (χ2v) is 5.98. The van der Waals surface area contributed by atoms with Crippen LogP contribution in [0.1, 0.15) is 5.56 Å². The van der Waals surface area contributed by atoms with Crippen LogP contribution in [0.2, 0.25) is 0 Å². The lowest BCUT2D eigenvalue weighted by Crippen LogP contribution is -2.18. The number of halogens is 1. The third-order valence-corrected chi connectivity index (χ3v) is 4.19. The number of carbonyl (C=O) groups excluding carboxylic acids is 1. The molecule has 0 atom stereocenters. The van der Waals surface area contributed by atoms with Gasteiger partial charge in [-0.15, -0.1) is 12.4 Å². The minimum atomic E-state index is -0.239. The minimum absolute atomic E-state index is 0. The van der Waals surface area contributed by atoms with Gasteiger partial charge in [0.25, 0.3) is 0 Å². The highest BCUT2D eigenvalue weighted by Gasteiger charge is 2.13. The third kappa shape index (κ3) is 3.98. The van der Waals surface area contributed by atoms with Crippen molar-refractivity contribution >= 4 is 35.0 Å². The maximum Gasteiger partial charge on any atom is 0.330 e. The molecule has 2 aromatic carbocycles. The molecule has 0 radical (unpaired) electrons. The Morgan fingerprint density at radius 2 is 1.89 bits per heavy atom. The number of nitrogens with one attached hydrogen (secondary N) is 1. The number of hydrogen-bond donors (Lipinski definition) is 2. The van der Waals surface area contributed by atoms with E-state index in [1.165, 1.54) is 0 Å². The number of fused-ring (bicyclic) bond motifs is 1. The van der Waals surface area contributed by atoms with Gasteiger partial charge in [0.15, 0.2) is 0 Å². The molecule has 0 bridgehead atoms. The lowest BCUT2D eigenvalue weighted by Gasteiger charge is -2.09. The van der Waals surface area contributed by atoms with Gasteiger partial charge in [0.05, 0.1) is 5.52 Å². The molecule has 0 saturated heterocycles. The van der Waals surface area contributed by atoms with E-state index in [0.29, 0.717) is 18.2 Å². The van der Waals surface area contributed by atoms with E-state index in [0.717, 1.165) is 22.2 Å². The SMILES string of the molecule is Cl.NCc1ccnc(Oc2cccc3c2ccn3C(=O)Nc2ccccc2)c1. The maximum atomic E-state index is 12.6. The molecule has 142 valence electrons. The van der Waals surface area contributed by atoms with E-state index in [9.17, 15) is 4.79 Å². The van der Waals surface area contributed by atoms with Crippen LogP contribution in [0.5, 0.6) is 11.6 Å². The number of carbonyl (C=O) groups is 1. The van der Waals surface area contributed by atoms with Gasteiger partial charge in [-0.05, 0) is 42.0 Å². The van der Waals surface area contributed by atoms with Gasteiger partial charge in [-0.1, -0.05) is 24.3 Å². The molecule has 6 nitrogen and oxygen atoms in total. The summed E-state index contributed by atoms with van der Waals surface area (Å²) in [5, 5.41) is 3.70. The fourth-order valence-corrected chi connectivity index (χ4v) is 2.86. The predicted octanol–water partition coefficient (Wildman–Crippen LogP) is 4.79. The number of nitrogens with zero attached hydrogens (tertiary/aromatic N) is 2. The van der Waals surface area contributed by atoms with E-state index in [1.54, 1.807) is 23.0 Å². The summed E-state index contributed by atoms with van der Waals surface area (Å²) in [5.74, 6) is 1.09. The lowest BCUT2D eigenvalue weighted by atomic mass is 10.2. The first-order chi connectivity index (χ1) is 13.2. The highest BCUT2D eigenvalue weighted by atomic mass is 35.5. The first-order valence-corrected chi connectivity index (χ1v) is 8.54. The second kappa shape index (κ2) is 8.56. The van der Waals surface area contributed by atoms with E-state index in [1.807, 2.05) is 60.7 Å². The van der Waals surface area contributed by atoms with Crippen LogP contribution in [0, 0.1) is 0 Å². The van der Waals surface area contributed by atoms with Crippen molar-refractivity contribution in [3.8, 4) is 11.6 Å². The highest BCUT2D eigenvalue weighted by molar-refractivity contribution is 6.00. The Bertz CT molecular complexity index is 1100. The molecule has 0 fully saturated rings. The monoisotopic (exact) mass is 394 g/mol. The van der Waals surface area contributed by atoms with Crippen molar-refractivity contribution in [2.45, 2.75) is 6.54 Å². The van der Waals surface area contributed by atoms with Crippen molar-refractivity contribution in [3.63, 3.8) is 0 Å². The average Bonchev–Trinajstić information content (AvgIpc) is 3.14.